The van der Waals surface area contributed by atoms with Crippen LogP contribution in [0, 0.1) is 5.92 Å². The zero-order chi connectivity index (χ0) is 10.4. The first-order valence-electron chi connectivity index (χ1n) is 5.80. The lowest BCUT2D eigenvalue weighted by Gasteiger charge is -2.31. The van der Waals surface area contributed by atoms with Crippen LogP contribution in [0.25, 0.3) is 0 Å². The summed E-state index contributed by atoms with van der Waals surface area (Å²) in [4.78, 5) is 4.96. The molecule has 0 aromatic heterocycles. The van der Waals surface area contributed by atoms with E-state index in [0.717, 1.165) is 25.7 Å². The van der Waals surface area contributed by atoms with Gasteiger partial charge in [-0.25, -0.2) is 0 Å². The van der Waals surface area contributed by atoms with Gasteiger partial charge in [0.1, 0.15) is 0 Å². The van der Waals surface area contributed by atoms with Gasteiger partial charge in [-0.15, -0.1) is 0 Å². The van der Waals surface area contributed by atoms with E-state index in [1.807, 2.05) is 0 Å². The maximum absolute atomic E-state index is 3.38. The maximum atomic E-state index is 3.38. The zero-order valence-electron chi connectivity index (χ0n) is 9.92. The molecule has 0 atom stereocenters. The average molecular weight is 199 g/mol. The largest absolute Gasteiger partial charge is 0.314 e. The van der Waals surface area contributed by atoms with Crippen molar-refractivity contribution in [2.24, 2.45) is 5.92 Å². The Labute approximate surface area is 88.5 Å². The van der Waals surface area contributed by atoms with E-state index in [4.69, 9.17) is 0 Å². The molecule has 0 amide bonds. The minimum atomic E-state index is 0.820. The third-order valence-electron chi connectivity index (χ3n) is 2.74. The van der Waals surface area contributed by atoms with Crippen molar-refractivity contribution in [3.05, 3.63) is 0 Å². The van der Waals surface area contributed by atoms with Crippen LogP contribution < -0.4 is 5.32 Å². The van der Waals surface area contributed by atoms with Gasteiger partial charge in [-0.2, -0.15) is 0 Å². The van der Waals surface area contributed by atoms with Crippen LogP contribution in [-0.2, 0) is 0 Å². The smallest absolute Gasteiger partial charge is 0.0504 e. The lowest BCUT2D eigenvalue weighted by Crippen LogP contribution is -2.47. The Kier molecular flexibility index (Phi) is 5.45. The third kappa shape index (κ3) is 4.94. The SMILES string of the molecule is CC(C)CCN(C)CN1CCNCC1. The van der Waals surface area contributed by atoms with E-state index in [0.29, 0.717) is 0 Å². The van der Waals surface area contributed by atoms with E-state index in [1.165, 1.54) is 26.1 Å². The van der Waals surface area contributed by atoms with Crippen LogP contribution in [-0.4, -0.2) is 56.2 Å². The molecule has 1 aliphatic heterocycles. The van der Waals surface area contributed by atoms with Gasteiger partial charge < -0.3 is 5.32 Å². The summed E-state index contributed by atoms with van der Waals surface area (Å²) in [6, 6.07) is 0. The van der Waals surface area contributed by atoms with Crippen LogP contribution in [0.5, 0.6) is 0 Å². The molecule has 1 aliphatic rings. The fourth-order valence-electron chi connectivity index (χ4n) is 1.74. The Morgan fingerprint density at radius 3 is 2.50 bits per heavy atom. The van der Waals surface area contributed by atoms with Crippen molar-refractivity contribution in [2.45, 2.75) is 20.3 Å². The molecule has 0 unspecified atom stereocenters. The van der Waals surface area contributed by atoms with E-state index in [2.05, 4.69) is 36.0 Å². The fraction of sp³-hybridized carbons (Fsp3) is 1.00. The van der Waals surface area contributed by atoms with Crippen molar-refractivity contribution >= 4 is 0 Å². The zero-order valence-corrected chi connectivity index (χ0v) is 9.92. The van der Waals surface area contributed by atoms with Gasteiger partial charge in [0, 0.05) is 26.2 Å². The van der Waals surface area contributed by atoms with Crippen molar-refractivity contribution in [1.82, 2.24) is 15.1 Å². The highest BCUT2D eigenvalue weighted by Crippen LogP contribution is 2.01. The summed E-state index contributed by atoms with van der Waals surface area (Å²) in [5.74, 6) is 0.820. The highest BCUT2D eigenvalue weighted by molar-refractivity contribution is 4.67. The van der Waals surface area contributed by atoms with Gasteiger partial charge in [-0.3, -0.25) is 9.80 Å². The molecule has 1 fully saturated rings. The summed E-state index contributed by atoms with van der Waals surface area (Å²) in [7, 11) is 2.23. The van der Waals surface area contributed by atoms with Crippen molar-refractivity contribution in [1.29, 1.82) is 0 Å². The molecule has 1 heterocycles. The number of hydrogen-bond donors (Lipinski definition) is 1. The molecule has 1 rings (SSSR count). The number of rotatable bonds is 5. The molecule has 14 heavy (non-hydrogen) atoms. The summed E-state index contributed by atoms with van der Waals surface area (Å²) in [6.45, 7) is 11.6. The van der Waals surface area contributed by atoms with Crippen LogP contribution in [0.2, 0.25) is 0 Å². The predicted molar refractivity (Wildman–Crippen MR) is 61.4 cm³/mol. The molecule has 3 nitrogen and oxygen atoms in total. The molecule has 0 aliphatic carbocycles. The van der Waals surface area contributed by atoms with E-state index >= 15 is 0 Å². The van der Waals surface area contributed by atoms with Gasteiger partial charge in [-0.1, -0.05) is 13.8 Å². The van der Waals surface area contributed by atoms with Crippen molar-refractivity contribution < 1.29 is 0 Å². The average Bonchev–Trinajstić information content (AvgIpc) is 2.16. The molecule has 0 aromatic carbocycles. The molecular weight excluding hydrogens is 174 g/mol. The van der Waals surface area contributed by atoms with Crippen LogP contribution in [0.15, 0.2) is 0 Å². The highest BCUT2D eigenvalue weighted by atomic mass is 15.3. The van der Waals surface area contributed by atoms with Gasteiger partial charge in [0.15, 0.2) is 0 Å². The topological polar surface area (TPSA) is 18.5 Å². The molecule has 1 N–H and O–H groups in total. The predicted octanol–water partition coefficient (Wildman–Crippen LogP) is 0.827. The molecule has 0 saturated carbocycles. The molecule has 0 spiro atoms. The lowest BCUT2D eigenvalue weighted by atomic mass is 10.1. The Morgan fingerprint density at radius 1 is 1.29 bits per heavy atom. The van der Waals surface area contributed by atoms with Gasteiger partial charge in [0.05, 0.1) is 6.67 Å². The third-order valence-corrected chi connectivity index (χ3v) is 2.74. The monoisotopic (exact) mass is 199 g/mol. The van der Waals surface area contributed by atoms with Gasteiger partial charge in [0.2, 0.25) is 0 Å². The number of nitrogens with one attached hydrogen (secondary N) is 1. The van der Waals surface area contributed by atoms with Gasteiger partial charge >= 0.3 is 0 Å². The highest BCUT2D eigenvalue weighted by Gasteiger charge is 2.11. The molecule has 1 saturated heterocycles. The maximum Gasteiger partial charge on any atom is 0.0504 e. The Morgan fingerprint density at radius 2 is 1.93 bits per heavy atom. The van der Waals surface area contributed by atoms with E-state index < -0.39 is 0 Å². The molecule has 0 aromatic rings. The Balaban J connectivity index is 2.09. The number of hydrogen-bond acceptors (Lipinski definition) is 3. The molecule has 0 radical (unpaired) electrons. The molecule has 3 heteroatoms. The summed E-state index contributed by atoms with van der Waals surface area (Å²) < 4.78 is 0. The lowest BCUT2D eigenvalue weighted by molar-refractivity contribution is 0.136. The van der Waals surface area contributed by atoms with Gasteiger partial charge in [-0.05, 0) is 25.9 Å². The summed E-state index contributed by atoms with van der Waals surface area (Å²) >= 11 is 0. The van der Waals surface area contributed by atoms with E-state index in [9.17, 15) is 0 Å². The van der Waals surface area contributed by atoms with Crippen LogP contribution in [0.4, 0.5) is 0 Å². The second-order valence-electron chi connectivity index (χ2n) is 4.77. The fourth-order valence-corrected chi connectivity index (χ4v) is 1.74. The number of nitrogens with zero attached hydrogens (tertiary/aromatic N) is 2. The van der Waals surface area contributed by atoms with Crippen LogP contribution in [0.1, 0.15) is 20.3 Å². The van der Waals surface area contributed by atoms with Crippen molar-refractivity contribution in [3.8, 4) is 0 Å². The van der Waals surface area contributed by atoms with E-state index in [-0.39, 0.29) is 0 Å². The summed E-state index contributed by atoms with van der Waals surface area (Å²) in [6.07, 6.45) is 1.31. The summed E-state index contributed by atoms with van der Waals surface area (Å²) in [5, 5.41) is 3.38. The minimum absolute atomic E-state index is 0.820. The van der Waals surface area contributed by atoms with Crippen molar-refractivity contribution in [2.75, 3.05) is 46.4 Å². The standard InChI is InChI=1S/C11H25N3/c1-11(2)4-7-13(3)10-14-8-5-12-6-9-14/h11-12H,4-10H2,1-3H3. The Hall–Kier alpha value is -0.120. The first-order valence-corrected chi connectivity index (χ1v) is 5.80. The van der Waals surface area contributed by atoms with E-state index in [1.54, 1.807) is 0 Å². The van der Waals surface area contributed by atoms with Crippen LogP contribution >= 0.6 is 0 Å². The normalized spacial score (nSPS) is 19.5. The first kappa shape index (κ1) is 12.0. The summed E-state index contributed by atoms with van der Waals surface area (Å²) in [5.41, 5.74) is 0. The van der Waals surface area contributed by atoms with Crippen molar-refractivity contribution in [3.63, 3.8) is 0 Å². The molecular formula is C11H25N3. The second kappa shape index (κ2) is 6.38. The molecule has 84 valence electrons. The molecule has 0 bridgehead atoms. The first-order chi connectivity index (χ1) is 6.68. The second-order valence-corrected chi connectivity index (χ2v) is 4.77. The minimum Gasteiger partial charge on any atom is -0.314 e. The Bertz CT molecular complexity index is 141. The quantitative estimate of drug-likeness (QED) is 0.707. The van der Waals surface area contributed by atoms with Crippen LogP contribution in [0.3, 0.4) is 0 Å². The van der Waals surface area contributed by atoms with Gasteiger partial charge in [0.25, 0.3) is 0 Å². The number of piperazine rings is 1.